The van der Waals surface area contributed by atoms with Crippen molar-refractivity contribution in [2.75, 3.05) is 14.2 Å². The van der Waals surface area contributed by atoms with Crippen LogP contribution in [0.3, 0.4) is 0 Å². The first kappa shape index (κ1) is 18.6. The minimum atomic E-state index is -0.181. The van der Waals surface area contributed by atoms with Crippen LogP contribution in [0.15, 0.2) is 36.4 Å². The minimum absolute atomic E-state index is 0.136. The van der Waals surface area contributed by atoms with Crippen LogP contribution in [0.1, 0.15) is 35.3 Å². The Morgan fingerprint density at radius 3 is 2.08 bits per heavy atom. The highest BCUT2D eigenvalue weighted by atomic mass is 16.5. The van der Waals surface area contributed by atoms with E-state index in [1.807, 2.05) is 45.0 Å². The maximum atomic E-state index is 12.4. The third-order valence-corrected chi connectivity index (χ3v) is 3.76. The zero-order chi connectivity index (χ0) is 18.4. The van der Waals surface area contributed by atoms with Gasteiger partial charge in [0.15, 0.2) is 0 Å². The highest BCUT2D eigenvalue weighted by molar-refractivity contribution is 5.95. The molecule has 0 bridgehead atoms. The first-order valence-electron chi connectivity index (χ1n) is 8.21. The van der Waals surface area contributed by atoms with Gasteiger partial charge < -0.3 is 19.5 Å². The monoisotopic (exact) mass is 343 g/mol. The van der Waals surface area contributed by atoms with E-state index < -0.39 is 0 Å². The molecule has 0 spiro atoms. The van der Waals surface area contributed by atoms with Crippen molar-refractivity contribution in [2.24, 2.45) is 0 Å². The van der Waals surface area contributed by atoms with Gasteiger partial charge in [-0.05, 0) is 50.6 Å². The third-order valence-electron chi connectivity index (χ3n) is 3.76. The minimum Gasteiger partial charge on any atom is -0.496 e. The van der Waals surface area contributed by atoms with Gasteiger partial charge in [0.25, 0.3) is 5.91 Å². The van der Waals surface area contributed by atoms with E-state index in [0.29, 0.717) is 23.6 Å². The second kappa shape index (κ2) is 8.42. The summed E-state index contributed by atoms with van der Waals surface area (Å²) in [5.74, 6) is 1.89. The van der Waals surface area contributed by atoms with Crippen molar-refractivity contribution in [3.05, 3.63) is 53.1 Å². The van der Waals surface area contributed by atoms with Crippen molar-refractivity contribution >= 4 is 5.91 Å². The Morgan fingerprint density at radius 2 is 1.60 bits per heavy atom. The van der Waals surface area contributed by atoms with Gasteiger partial charge >= 0.3 is 0 Å². The Kier molecular flexibility index (Phi) is 6.28. The van der Waals surface area contributed by atoms with Crippen LogP contribution in [0.5, 0.6) is 17.2 Å². The van der Waals surface area contributed by atoms with Crippen molar-refractivity contribution in [3.63, 3.8) is 0 Å². The van der Waals surface area contributed by atoms with Crippen LogP contribution in [-0.2, 0) is 6.54 Å². The molecule has 25 heavy (non-hydrogen) atoms. The van der Waals surface area contributed by atoms with Crippen LogP contribution in [0.4, 0.5) is 0 Å². The number of carbonyl (C=O) groups is 1. The number of benzene rings is 2. The van der Waals surface area contributed by atoms with E-state index in [1.165, 1.54) is 0 Å². The first-order chi connectivity index (χ1) is 11.9. The molecule has 2 rings (SSSR count). The SMILES string of the molecule is COc1cc(C(=O)NCc2ccc(OC(C)C)cc2)cc(OC)c1C. The molecule has 0 aliphatic rings. The number of ether oxygens (including phenoxy) is 3. The smallest absolute Gasteiger partial charge is 0.251 e. The Morgan fingerprint density at radius 1 is 1.04 bits per heavy atom. The lowest BCUT2D eigenvalue weighted by molar-refractivity contribution is 0.0950. The van der Waals surface area contributed by atoms with Gasteiger partial charge in [0.1, 0.15) is 17.2 Å². The van der Waals surface area contributed by atoms with Crippen molar-refractivity contribution in [2.45, 2.75) is 33.4 Å². The molecule has 0 radical (unpaired) electrons. The van der Waals surface area contributed by atoms with Crippen molar-refractivity contribution in [1.82, 2.24) is 5.32 Å². The Labute approximate surface area is 148 Å². The van der Waals surface area contributed by atoms with E-state index in [-0.39, 0.29) is 12.0 Å². The molecule has 0 fully saturated rings. The maximum Gasteiger partial charge on any atom is 0.251 e. The zero-order valence-electron chi connectivity index (χ0n) is 15.4. The van der Waals surface area contributed by atoms with E-state index in [9.17, 15) is 4.79 Å². The van der Waals surface area contributed by atoms with Crippen molar-refractivity contribution in [3.8, 4) is 17.2 Å². The standard InChI is InChI=1S/C20H25NO4/c1-13(2)25-17-8-6-15(7-9-17)12-21-20(22)16-10-18(23-4)14(3)19(11-16)24-5/h6-11,13H,12H2,1-5H3,(H,21,22). The van der Waals surface area contributed by atoms with E-state index >= 15 is 0 Å². The summed E-state index contributed by atoms with van der Waals surface area (Å²) >= 11 is 0. The van der Waals surface area contributed by atoms with Gasteiger partial charge in [-0.2, -0.15) is 0 Å². The average Bonchev–Trinajstić information content (AvgIpc) is 2.60. The van der Waals surface area contributed by atoms with Crippen LogP contribution in [0, 0.1) is 6.92 Å². The van der Waals surface area contributed by atoms with Crippen molar-refractivity contribution < 1.29 is 19.0 Å². The molecule has 0 aliphatic carbocycles. The molecule has 2 aromatic rings. The second-order valence-electron chi connectivity index (χ2n) is 6.00. The molecular weight excluding hydrogens is 318 g/mol. The molecular formula is C20H25NO4. The Balaban J connectivity index is 2.05. The van der Waals surface area contributed by atoms with E-state index in [1.54, 1.807) is 26.4 Å². The molecule has 0 atom stereocenters. The summed E-state index contributed by atoms with van der Waals surface area (Å²) in [6.45, 7) is 6.29. The summed E-state index contributed by atoms with van der Waals surface area (Å²) in [6, 6.07) is 11.1. The highest BCUT2D eigenvalue weighted by Crippen LogP contribution is 2.29. The summed E-state index contributed by atoms with van der Waals surface area (Å²) in [7, 11) is 3.15. The predicted octanol–water partition coefficient (Wildman–Crippen LogP) is 3.73. The Hall–Kier alpha value is -2.69. The quantitative estimate of drug-likeness (QED) is 0.832. The zero-order valence-corrected chi connectivity index (χ0v) is 15.4. The summed E-state index contributed by atoms with van der Waals surface area (Å²) in [5, 5.41) is 2.91. The van der Waals surface area contributed by atoms with Crippen LogP contribution >= 0.6 is 0 Å². The lowest BCUT2D eigenvalue weighted by Crippen LogP contribution is -2.23. The lowest BCUT2D eigenvalue weighted by Gasteiger charge is -2.13. The average molecular weight is 343 g/mol. The predicted molar refractivity (Wildman–Crippen MR) is 97.7 cm³/mol. The molecule has 1 amide bonds. The molecule has 0 aromatic heterocycles. The summed E-state index contributed by atoms with van der Waals surface area (Å²) in [4.78, 5) is 12.4. The van der Waals surface area contributed by atoms with Crippen LogP contribution < -0.4 is 19.5 Å². The molecule has 0 heterocycles. The van der Waals surface area contributed by atoms with Gasteiger partial charge in [0.05, 0.1) is 20.3 Å². The number of rotatable bonds is 7. The fraction of sp³-hybridized carbons (Fsp3) is 0.350. The van der Waals surface area contributed by atoms with Gasteiger partial charge in [0.2, 0.25) is 0 Å². The number of amides is 1. The maximum absolute atomic E-state index is 12.4. The fourth-order valence-corrected chi connectivity index (χ4v) is 2.46. The molecule has 5 nitrogen and oxygen atoms in total. The summed E-state index contributed by atoms with van der Waals surface area (Å²) in [5.41, 5.74) is 2.36. The fourth-order valence-electron chi connectivity index (χ4n) is 2.46. The first-order valence-corrected chi connectivity index (χ1v) is 8.21. The summed E-state index contributed by atoms with van der Waals surface area (Å²) in [6.07, 6.45) is 0.136. The summed E-state index contributed by atoms with van der Waals surface area (Å²) < 4.78 is 16.2. The molecule has 5 heteroatoms. The van der Waals surface area contributed by atoms with Gasteiger partial charge in [-0.3, -0.25) is 4.79 Å². The highest BCUT2D eigenvalue weighted by Gasteiger charge is 2.13. The number of nitrogens with one attached hydrogen (secondary N) is 1. The van der Waals surface area contributed by atoms with E-state index in [0.717, 1.165) is 16.9 Å². The van der Waals surface area contributed by atoms with Crippen molar-refractivity contribution in [1.29, 1.82) is 0 Å². The van der Waals surface area contributed by atoms with Gasteiger partial charge in [0, 0.05) is 17.7 Å². The topological polar surface area (TPSA) is 56.8 Å². The number of carbonyl (C=O) groups excluding carboxylic acids is 1. The lowest BCUT2D eigenvalue weighted by atomic mass is 10.1. The molecule has 2 aromatic carbocycles. The largest absolute Gasteiger partial charge is 0.496 e. The van der Waals surface area contributed by atoms with Crippen LogP contribution in [0.25, 0.3) is 0 Å². The second-order valence-corrected chi connectivity index (χ2v) is 6.00. The van der Waals surface area contributed by atoms with Gasteiger partial charge in [-0.1, -0.05) is 12.1 Å². The van der Waals surface area contributed by atoms with E-state index in [2.05, 4.69) is 5.32 Å². The number of hydrogen-bond donors (Lipinski definition) is 1. The van der Waals surface area contributed by atoms with Crippen LogP contribution in [0.2, 0.25) is 0 Å². The van der Waals surface area contributed by atoms with Gasteiger partial charge in [-0.15, -0.1) is 0 Å². The Bertz CT molecular complexity index is 698. The molecule has 0 unspecified atom stereocenters. The number of hydrogen-bond acceptors (Lipinski definition) is 4. The molecule has 0 saturated carbocycles. The number of methoxy groups -OCH3 is 2. The molecule has 0 saturated heterocycles. The van der Waals surface area contributed by atoms with E-state index in [4.69, 9.17) is 14.2 Å². The molecule has 1 N–H and O–H groups in total. The van der Waals surface area contributed by atoms with Gasteiger partial charge in [-0.25, -0.2) is 0 Å². The normalized spacial score (nSPS) is 10.5. The molecule has 0 aliphatic heterocycles. The third kappa shape index (κ3) is 4.89. The van der Waals surface area contributed by atoms with Crippen LogP contribution in [-0.4, -0.2) is 26.2 Å². The molecule has 134 valence electrons.